The highest BCUT2D eigenvalue weighted by Crippen LogP contribution is 2.25. The molecule has 24 heavy (non-hydrogen) atoms. The molecule has 2 N–H and O–H groups in total. The molecule has 0 bridgehead atoms. The summed E-state index contributed by atoms with van der Waals surface area (Å²) in [6, 6.07) is 5.14. The first-order chi connectivity index (χ1) is 11.0. The molecule has 6 nitrogen and oxygen atoms in total. The highest BCUT2D eigenvalue weighted by atomic mass is 79.9. The first-order valence-electron chi connectivity index (χ1n) is 7.42. The van der Waals surface area contributed by atoms with Gasteiger partial charge in [-0.15, -0.1) is 12.4 Å². The van der Waals surface area contributed by atoms with Crippen molar-refractivity contribution >= 4 is 51.8 Å². The Balaban J connectivity index is 0.00000208. The predicted octanol–water partition coefficient (Wildman–Crippen LogP) is 3.37. The van der Waals surface area contributed by atoms with Gasteiger partial charge in [-0.2, -0.15) is 10.1 Å². The number of amides is 1. The Hall–Kier alpha value is -1.15. The Morgan fingerprint density at radius 3 is 2.79 bits per heavy atom. The Labute approximate surface area is 159 Å². The van der Waals surface area contributed by atoms with Gasteiger partial charge in [-0.1, -0.05) is 27.5 Å². The van der Waals surface area contributed by atoms with E-state index < -0.39 is 0 Å². The molecule has 0 saturated carbocycles. The van der Waals surface area contributed by atoms with Crippen LogP contribution in [0.3, 0.4) is 0 Å². The number of halogens is 3. The van der Waals surface area contributed by atoms with Crippen LogP contribution < -0.4 is 10.6 Å². The molecule has 0 unspecified atom stereocenters. The van der Waals surface area contributed by atoms with Gasteiger partial charge in [-0.05, 0) is 44.1 Å². The lowest BCUT2D eigenvalue weighted by molar-refractivity contribution is 0.102. The largest absolute Gasteiger partial charge is 0.317 e. The first kappa shape index (κ1) is 19.2. The molecule has 0 spiro atoms. The first-order valence-corrected chi connectivity index (χ1v) is 8.60. The summed E-state index contributed by atoms with van der Waals surface area (Å²) < 4.78 is 2.42. The predicted molar refractivity (Wildman–Crippen MR) is 100 cm³/mol. The lowest BCUT2D eigenvalue weighted by Crippen LogP contribution is -2.27. The number of aromatic nitrogens is 3. The molecule has 1 amide bonds. The van der Waals surface area contributed by atoms with Gasteiger partial charge in [0.15, 0.2) is 5.82 Å². The number of anilines is 1. The number of nitrogens with zero attached hydrogens (tertiary/aromatic N) is 3. The molecular formula is C15H18BrCl2N5O. The molecule has 1 aliphatic rings. The van der Waals surface area contributed by atoms with Crippen LogP contribution in [-0.4, -0.2) is 33.8 Å². The fourth-order valence-electron chi connectivity index (χ4n) is 2.61. The van der Waals surface area contributed by atoms with E-state index >= 15 is 0 Å². The minimum absolute atomic E-state index is 0. The number of hydrogen-bond acceptors (Lipinski definition) is 4. The van der Waals surface area contributed by atoms with Crippen LogP contribution in [0.5, 0.6) is 0 Å². The average Bonchev–Trinajstić information content (AvgIpc) is 2.89. The minimum atomic E-state index is -0.296. The van der Waals surface area contributed by atoms with Crippen LogP contribution in [0.2, 0.25) is 5.02 Å². The van der Waals surface area contributed by atoms with Crippen LogP contribution in [-0.2, 0) is 7.05 Å². The SMILES string of the molecule is Cl.Cn1nc(C2CCNCC2)nc1NC(=O)c1ccc(Br)cc1Cl. The Kier molecular flexibility index (Phi) is 6.62. The van der Waals surface area contributed by atoms with Crippen LogP contribution in [0.15, 0.2) is 22.7 Å². The van der Waals surface area contributed by atoms with Crippen molar-refractivity contribution in [3.05, 3.63) is 39.1 Å². The highest BCUT2D eigenvalue weighted by Gasteiger charge is 2.22. The van der Waals surface area contributed by atoms with Gasteiger partial charge < -0.3 is 5.32 Å². The maximum atomic E-state index is 12.4. The lowest BCUT2D eigenvalue weighted by Gasteiger charge is -2.19. The second-order valence-electron chi connectivity index (χ2n) is 5.52. The van der Waals surface area contributed by atoms with E-state index in [2.05, 4.69) is 36.6 Å². The molecule has 3 rings (SSSR count). The zero-order valence-corrected chi connectivity index (χ0v) is 16.2. The Morgan fingerprint density at radius 1 is 1.42 bits per heavy atom. The number of aryl methyl sites for hydroxylation is 1. The Bertz CT molecular complexity index is 731. The van der Waals surface area contributed by atoms with Gasteiger partial charge >= 0.3 is 0 Å². The van der Waals surface area contributed by atoms with Crippen molar-refractivity contribution in [2.45, 2.75) is 18.8 Å². The third-order valence-corrected chi connectivity index (χ3v) is 4.69. The molecule has 130 valence electrons. The van der Waals surface area contributed by atoms with E-state index in [9.17, 15) is 4.79 Å². The van der Waals surface area contributed by atoms with Crippen LogP contribution in [0.25, 0.3) is 0 Å². The van der Waals surface area contributed by atoms with Crippen molar-refractivity contribution in [3.63, 3.8) is 0 Å². The summed E-state index contributed by atoms with van der Waals surface area (Å²) in [6.07, 6.45) is 2.02. The zero-order chi connectivity index (χ0) is 16.4. The molecule has 2 aromatic rings. The van der Waals surface area contributed by atoms with Gasteiger partial charge in [0.2, 0.25) is 5.95 Å². The standard InChI is InChI=1S/C15H17BrClN5O.ClH/c1-22-15(19-13(21-22)9-4-6-18-7-5-9)20-14(23)11-3-2-10(16)8-12(11)17;/h2-3,8-9,18H,4-7H2,1H3,(H,19,20,21,23);1H. The molecule has 1 aliphatic heterocycles. The van der Waals surface area contributed by atoms with Gasteiger partial charge in [0.1, 0.15) is 0 Å². The smallest absolute Gasteiger partial charge is 0.259 e. The quantitative estimate of drug-likeness (QED) is 0.776. The summed E-state index contributed by atoms with van der Waals surface area (Å²) >= 11 is 9.44. The van der Waals surface area contributed by atoms with E-state index in [0.717, 1.165) is 36.2 Å². The van der Waals surface area contributed by atoms with Gasteiger partial charge in [-0.25, -0.2) is 4.68 Å². The second kappa shape index (κ2) is 8.29. The summed E-state index contributed by atoms with van der Waals surface area (Å²) in [6.45, 7) is 1.94. The Morgan fingerprint density at radius 2 is 2.12 bits per heavy atom. The van der Waals surface area contributed by atoms with Gasteiger partial charge in [0.05, 0.1) is 10.6 Å². The third kappa shape index (κ3) is 4.27. The molecule has 1 aromatic heterocycles. The van der Waals surface area contributed by atoms with E-state index in [4.69, 9.17) is 11.6 Å². The number of piperidine rings is 1. The lowest BCUT2D eigenvalue weighted by atomic mass is 9.98. The summed E-state index contributed by atoms with van der Waals surface area (Å²) in [7, 11) is 1.77. The molecule has 0 atom stereocenters. The number of rotatable bonds is 3. The molecule has 0 radical (unpaired) electrons. The van der Waals surface area contributed by atoms with Crippen molar-refractivity contribution in [1.29, 1.82) is 0 Å². The molecule has 9 heteroatoms. The maximum Gasteiger partial charge on any atom is 0.259 e. The summed E-state index contributed by atoms with van der Waals surface area (Å²) in [5.41, 5.74) is 0.404. The van der Waals surface area contributed by atoms with Gasteiger partial charge in [0, 0.05) is 17.4 Å². The summed E-state index contributed by atoms with van der Waals surface area (Å²) in [5, 5.41) is 10.9. The number of benzene rings is 1. The normalized spacial score (nSPS) is 15.0. The second-order valence-corrected chi connectivity index (χ2v) is 6.84. The van der Waals surface area contributed by atoms with E-state index in [1.807, 2.05) is 0 Å². The molecule has 1 fully saturated rings. The minimum Gasteiger partial charge on any atom is -0.317 e. The molecule has 1 aromatic carbocycles. The fraction of sp³-hybridized carbons (Fsp3) is 0.400. The number of hydrogen-bond donors (Lipinski definition) is 2. The number of carbonyl (C=O) groups is 1. The average molecular weight is 435 g/mol. The summed E-state index contributed by atoms with van der Waals surface area (Å²) in [5.74, 6) is 1.26. The number of nitrogens with one attached hydrogen (secondary N) is 2. The third-order valence-electron chi connectivity index (χ3n) is 3.88. The molecule has 0 aliphatic carbocycles. The molecule has 2 heterocycles. The maximum absolute atomic E-state index is 12.4. The van der Waals surface area contributed by atoms with E-state index in [1.165, 1.54) is 0 Å². The van der Waals surface area contributed by atoms with Crippen molar-refractivity contribution < 1.29 is 4.79 Å². The van der Waals surface area contributed by atoms with Crippen molar-refractivity contribution in [2.75, 3.05) is 18.4 Å². The van der Waals surface area contributed by atoms with Crippen molar-refractivity contribution in [3.8, 4) is 0 Å². The van der Waals surface area contributed by atoms with Gasteiger partial charge in [-0.3, -0.25) is 10.1 Å². The van der Waals surface area contributed by atoms with E-state index in [-0.39, 0.29) is 18.3 Å². The van der Waals surface area contributed by atoms with Crippen molar-refractivity contribution in [1.82, 2.24) is 20.1 Å². The summed E-state index contributed by atoms with van der Waals surface area (Å²) in [4.78, 5) is 16.9. The number of carbonyl (C=O) groups excluding carboxylic acids is 1. The van der Waals surface area contributed by atoms with E-state index in [0.29, 0.717) is 22.5 Å². The topological polar surface area (TPSA) is 71.8 Å². The van der Waals surface area contributed by atoms with Crippen LogP contribution in [0.1, 0.15) is 34.9 Å². The van der Waals surface area contributed by atoms with Crippen LogP contribution >= 0.6 is 39.9 Å². The molecular weight excluding hydrogens is 417 g/mol. The van der Waals surface area contributed by atoms with Crippen LogP contribution in [0, 0.1) is 0 Å². The van der Waals surface area contributed by atoms with E-state index in [1.54, 1.807) is 29.9 Å². The monoisotopic (exact) mass is 433 g/mol. The van der Waals surface area contributed by atoms with Crippen molar-refractivity contribution in [2.24, 2.45) is 7.05 Å². The fourth-order valence-corrected chi connectivity index (χ4v) is 3.37. The van der Waals surface area contributed by atoms with Crippen LogP contribution in [0.4, 0.5) is 5.95 Å². The zero-order valence-electron chi connectivity index (χ0n) is 13.1. The highest BCUT2D eigenvalue weighted by molar-refractivity contribution is 9.10. The molecule has 1 saturated heterocycles. The van der Waals surface area contributed by atoms with Gasteiger partial charge in [0.25, 0.3) is 5.91 Å².